The maximum Gasteiger partial charge on any atom is 0.226 e. The highest BCUT2D eigenvalue weighted by atomic mass is 79.9. The van der Waals surface area contributed by atoms with E-state index in [1.807, 2.05) is 32.0 Å². The van der Waals surface area contributed by atoms with Crippen LogP contribution in [0.25, 0.3) is 0 Å². The Labute approximate surface area is 192 Å². The van der Waals surface area contributed by atoms with E-state index in [1.165, 1.54) is 0 Å². The molecule has 0 spiro atoms. The fourth-order valence-electron chi connectivity index (χ4n) is 3.82. The first-order valence-electron chi connectivity index (χ1n) is 10.4. The molecule has 0 unspecified atom stereocenters. The highest BCUT2D eigenvalue weighted by Crippen LogP contribution is 2.36. The summed E-state index contributed by atoms with van der Waals surface area (Å²) in [6.45, 7) is 6.26. The van der Waals surface area contributed by atoms with E-state index in [0.29, 0.717) is 29.5 Å². The Morgan fingerprint density at radius 1 is 1.19 bits per heavy atom. The average Bonchev–Trinajstić information content (AvgIpc) is 3.15. The molecule has 0 aliphatic carbocycles. The standard InChI is InChI=1S/C23H27BrN2O4S/c1-4-16-8-6-7-15(3)23(16)25-21(27)10-12-31(29,30)20-14-19-17(13-18(20)24)9-11-26(19)22(28)5-2/h6-8,13-14H,4-5,9-12H2,1-3H3,(H,25,27). The Morgan fingerprint density at radius 3 is 2.61 bits per heavy atom. The van der Waals surface area contributed by atoms with Gasteiger partial charge in [0.15, 0.2) is 9.84 Å². The SMILES string of the molecule is CCC(=O)N1CCc2cc(Br)c(S(=O)(=O)CCC(=O)Nc3c(C)cccc3CC)cc21. The van der Waals surface area contributed by atoms with E-state index in [9.17, 15) is 18.0 Å². The van der Waals surface area contributed by atoms with Crippen LogP contribution in [0.15, 0.2) is 39.7 Å². The molecule has 6 nitrogen and oxygen atoms in total. The number of anilines is 2. The van der Waals surface area contributed by atoms with Gasteiger partial charge in [0.1, 0.15) is 0 Å². The van der Waals surface area contributed by atoms with Crippen LogP contribution in [0.5, 0.6) is 0 Å². The number of hydrogen-bond donors (Lipinski definition) is 1. The predicted octanol–water partition coefficient (Wildman–Crippen LogP) is 4.42. The summed E-state index contributed by atoms with van der Waals surface area (Å²) in [5.41, 5.74) is 4.29. The Bertz CT molecular complexity index is 1130. The van der Waals surface area contributed by atoms with E-state index in [4.69, 9.17) is 0 Å². The number of carbonyl (C=O) groups excluding carboxylic acids is 2. The number of rotatable bonds is 7. The van der Waals surface area contributed by atoms with Gasteiger partial charge in [-0.1, -0.05) is 32.0 Å². The van der Waals surface area contributed by atoms with Crippen LogP contribution in [0.1, 0.15) is 43.4 Å². The number of hydrogen-bond acceptors (Lipinski definition) is 4. The van der Waals surface area contributed by atoms with Crippen LogP contribution < -0.4 is 10.2 Å². The second kappa shape index (κ2) is 9.53. The first kappa shape index (κ1) is 23.5. The lowest BCUT2D eigenvalue weighted by molar-refractivity contribution is -0.118. The van der Waals surface area contributed by atoms with Gasteiger partial charge >= 0.3 is 0 Å². The van der Waals surface area contributed by atoms with Gasteiger partial charge in [0, 0.05) is 35.2 Å². The molecule has 1 N–H and O–H groups in total. The number of nitrogens with zero attached hydrogens (tertiary/aromatic N) is 1. The molecular weight excluding hydrogens is 480 g/mol. The minimum Gasteiger partial charge on any atom is -0.326 e. The molecule has 1 heterocycles. The molecule has 31 heavy (non-hydrogen) atoms. The number of amides is 2. The molecule has 2 amide bonds. The lowest BCUT2D eigenvalue weighted by atomic mass is 10.1. The summed E-state index contributed by atoms with van der Waals surface area (Å²) < 4.78 is 26.5. The quantitative estimate of drug-likeness (QED) is 0.602. The van der Waals surface area contributed by atoms with Gasteiger partial charge in [-0.05, 0) is 64.5 Å². The van der Waals surface area contributed by atoms with Crippen molar-refractivity contribution < 1.29 is 18.0 Å². The molecule has 0 fully saturated rings. The fraction of sp³-hybridized carbons (Fsp3) is 0.391. The molecule has 3 rings (SSSR count). The molecule has 0 aromatic heterocycles. The summed E-state index contributed by atoms with van der Waals surface area (Å²) in [5.74, 6) is -0.688. The molecule has 0 saturated heterocycles. The topological polar surface area (TPSA) is 83.6 Å². The fourth-order valence-corrected chi connectivity index (χ4v) is 6.27. The molecule has 0 saturated carbocycles. The van der Waals surface area contributed by atoms with Crippen LogP contribution in [0.3, 0.4) is 0 Å². The minimum atomic E-state index is -3.73. The highest BCUT2D eigenvalue weighted by molar-refractivity contribution is 9.10. The third-order valence-corrected chi connectivity index (χ3v) is 8.24. The van der Waals surface area contributed by atoms with Crippen molar-refractivity contribution in [1.82, 2.24) is 0 Å². The van der Waals surface area contributed by atoms with Crippen molar-refractivity contribution in [1.29, 1.82) is 0 Å². The van der Waals surface area contributed by atoms with E-state index in [1.54, 1.807) is 24.0 Å². The third kappa shape index (κ3) is 5.01. The molecule has 0 radical (unpaired) electrons. The van der Waals surface area contributed by atoms with Gasteiger partial charge in [-0.25, -0.2) is 8.42 Å². The van der Waals surface area contributed by atoms with Crippen molar-refractivity contribution in [2.24, 2.45) is 0 Å². The molecule has 1 aliphatic rings. The number of halogens is 1. The van der Waals surface area contributed by atoms with Crippen LogP contribution in [0.4, 0.5) is 11.4 Å². The molecule has 1 aliphatic heterocycles. The van der Waals surface area contributed by atoms with E-state index in [0.717, 1.165) is 28.8 Å². The number of carbonyl (C=O) groups is 2. The zero-order valence-corrected chi connectivity index (χ0v) is 20.4. The highest BCUT2D eigenvalue weighted by Gasteiger charge is 2.28. The van der Waals surface area contributed by atoms with Gasteiger partial charge in [-0.15, -0.1) is 0 Å². The van der Waals surface area contributed by atoms with Crippen molar-refractivity contribution in [3.05, 3.63) is 51.5 Å². The summed E-state index contributed by atoms with van der Waals surface area (Å²) >= 11 is 3.37. The van der Waals surface area contributed by atoms with Gasteiger partial charge in [0.05, 0.1) is 10.6 Å². The molecule has 2 aromatic carbocycles. The monoisotopic (exact) mass is 506 g/mol. The maximum atomic E-state index is 13.0. The van der Waals surface area contributed by atoms with E-state index in [-0.39, 0.29) is 28.9 Å². The summed E-state index contributed by atoms with van der Waals surface area (Å²) in [5, 5.41) is 2.87. The maximum absolute atomic E-state index is 13.0. The number of nitrogens with one attached hydrogen (secondary N) is 1. The zero-order chi connectivity index (χ0) is 22.8. The molecular formula is C23H27BrN2O4S. The van der Waals surface area contributed by atoms with Gasteiger partial charge < -0.3 is 10.2 Å². The molecule has 166 valence electrons. The second-order valence-electron chi connectivity index (χ2n) is 7.64. The van der Waals surface area contributed by atoms with Crippen molar-refractivity contribution >= 4 is 49.0 Å². The second-order valence-corrected chi connectivity index (χ2v) is 10.6. The van der Waals surface area contributed by atoms with Crippen LogP contribution in [-0.4, -0.2) is 32.5 Å². The number of fused-ring (bicyclic) bond motifs is 1. The smallest absolute Gasteiger partial charge is 0.226 e. The Morgan fingerprint density at radius 2 is 1.94 bits per heavy atom. The summed E-state index contributed by atoms with van der Waals surface area (Å²) in [4.78, 5) is 26.5. The minimum absolute atomic E-state index is 0.0336. The molecule has 0 atom stereocenters. The predicted molar refractivity (Wildman–Crippen MR) is 126 cm³/mol. The van der Waals surface area contributed by atoms with E-state index >= 15 is 0 Å². The summed E-state index contributed by atoms with van der Waals surface area (Å²) in [7, 11) is -3.73. The third-order valence-electron chi connectivity index (χ3n) is 5.57. The Kier molecular flexibility index (Phi) is 7.21. The van der Waals surface area contributed by atoms with Gasteiger partial charge in [-0.2, -0.15) is 0 Å². The van der Waals surface area contributed by atoms with Crippen LogP contribution >= 0.6 is 15.9 Å². The van der Waals surface area contributed by atoms with Crippen molar-refractivity contribution in [2.75, 3.05) is 22.5 Å². The average molecular weight is 507 g/mol. The zero-order valence-electron chi connectivity index (χ0n) is 18.0. The van der Waals surface area contributed by atoms with Crippen molar-refractivity contribution in [3.8, 4) is 0 Å². The van der Waals surface area contributed by atoms with Gasteiger partial charge in [0.25, 0.3) is 0 Å². The van der Waals surface area contributed by atoms with Crippen LogP contribution in [0, 0.1) is 6.92 Å². The lowest BCUT2D eigenvalue weighted by Crippen LogP contribution is -2.28. The van der Waals surface area contributed by atoms with E-state index < -0.39 is 9.84 Å². The summed E-state index contributed by atoms with van der Waals surface area (Å²) in [6.07, 6.45) is 1.67. The Balaban J connectivity index is 1.78. The van der Waals surface area contributed by atoms with Crippen molar-refractivity contribution in [2.45, 2.75) is 51.3 Å². The van der Waals surface area contributed by atoms with Crippen LogP contribution in [-0.2, 0) is 32.3 Å². The summed E-state index contributed by atoms with van der Waals surface area (Å²) in [6, 6.07) is 9.13. The number of para-hydroxylation sites is 1. The molecule has 8 heteroatoms. The first-order valence-corrected chi connectivity index (χ1v) is 12.9. The lowest BCUT2D eigenvalue weighted by Gasteiger charge is -2.18. The number of aryl methyl sites for hydroxylation is 2. The van der Waals surface area contributed by atoms with Crippen LogP contribution in [0.2, 0.25) is 0 Å². The van der Waals surface area contributed by atoms with Crippen molar-refractivity contribution in [3.63, 3.8) is 0 Å². The largest absolute Gasteiger partial charge is 0.326 e. The Hall–Kier alpha value is -2.19. The van der Waals surface area contributed by atoms with E-state index in [2.05, 4.69) is 21.2 Å². The molecule has 2 aromatic rings. The normalized spacial score (nSPS) is 13.2. The number of sulfone groups is 1. The first-order chi connectivity index (χ1) is 14.7. The molecule has 0 bridgehead atoms. The van der Waals surface area contributed by atoms with Gasteiger partial charge in [-0.3, -0.25) is 9.59 Å². The van der Waals surface area contributed by atoms with Gasteiger partial charge in [0.2, 0.25) is 11.8 Å². The number of benzene rings is 2.